The van der Waals surface area contributed by atoms with Crippen LogP contribution in [0.25, 0.3) is 0 Å². The topological polar surface area (TPSA) is 69.6 Å². The molecule has 7 nitrogen and oxygen atoms in total. The van der Waals surface area contributed by atoms with Crippen molar-refractivity contribution in [2.45, 2.75) is 6.42 Å². The lowest BCUT2D eigenvalue weighted by molar-refractivity contribution is -0.119. The third-order valence-electron chi connectivity index (χ3n) is 4.64. The van der Waals surface area contributed by atoms with Gasteiger partial charge in [0.1, 0.15) is 5.69 Å². The highest BCUT2D eigenvalue weighted by atomic mass is 16.2. The third kappa shape index (κ3) is 4.36. The maximum absolute atomic E-state index is 12.5. The van der Waals surface area contributed by atoms with Gasteiger partial charge in [-0.25, -0.2) is 4.98 Å². The van der Waals surface area contributed by atoms with Crippen LogP contribution in [0.5, 0.6) is 0 Å². The lowest BCUT2D eigenvalue weighted by atomic mass is 10.2. The molecule has 0 atom stereocenters. The molecule has 0 radical (unpaired) electrons. The highest BCUT2D eigenvalue weighted by Crippen LogP contribution is 2.14. The number of hydrogen-bond donors (Lipinski definition) is 0. The summed E-state index contributed by atoms with van der Waals surface area (Å²) in [6.45, 7) is 3.10. The second-order valence-electron chi connectivity index (χ2n) is 6.36. The van der Waals surface area contributed by atoms with Gasteiger partial charge in [-0.05, 0) is 36.2 Å². The van der Waals surface area contributed by atoms with Gasteiger partial charge in [0, 0.05) is 52.2 Å². The zero-order chi connectivity index (χ0) is 18.4. The van der Waals surface area contributed by atoms with Crippen molar-refractivity contribution in [1.29, 1.82) is 0 Å². The number of pyridine rings is 2. The van der Waals surface area contributed by atoms with Crippen molar-refractivity contribution in [3.8, 4) is 0 Å². The Morgan fingerprint density at radius 3 is 2.50 bits per heavy atom. The maximum atomic E-state index is 12.5. The number of carbonyl (C=O) groups excluding carboxylic acids is 2. The van der Waals surface area contributed by atoms with E-state index in [0.29, 0.717) is 31.9 Å². The van der Waals surface area contributed by atoms with Crippen molar-refractivity contribution in [3.63, 3.8) is 0 Å². The van der Waals surface area contributed by atoms with Crippen LogP contribution in [0.2, 0.25) is 0 Å². The Kier molecular flexibility index (Phi) is 5.78. The van der Waals surface area contributed by atoms with Gasteiger partial charge in [0.25, 0.3) is 5.91 Å². The van der Waals surface area contributed by atoms with Gasteiger partial charge in [0.2, 0.25) is 6.41 Å². The van der Waals surface area contributed by atoms with Gasteiger partial charge >= 0.3 is 0 Å². The first-order valence-electron chi connectivity index (χ1n) is 8.72. The summed E-state index contributed by atoms with van der Waals surface area (Å²) in [5.74, 6) is -0.0819. The molecular weight excluding hydrogens is 330 g/mol. The Bertz CT molecular complexity index is 727. The molecule has 0 unspecified atom stereocenters. The minimum absolute atomic E-state index is 0.0819. The minimum atomic E-state index is -0.0819. The molecule has 1 aliphatic heterocycles. The smallest absolute Gasteiger partial charge is 0.272 e. The van der Waals surface area contributed by atoms with Gasteiger partial charge in [0.15, 0.2) is 0 Å². The second kappa shape index (κ2) is 8.42. The van der Waals surface area contributed by atoms with Crippen LogP contribution < -0.4 is 4.90 Å². The SMILES string of the molecule is CN(CCc1ccncc1)c1ccc(C(=O)N2CCN(C=O)CC2)nc1. The molecule has 0 spiro atoms. The lowest BCUT2D eigenvalue weighted by Crippen LogP contribution is -2.48. The van der Waals surface area contributed by atoms with Crippen LogP contribution in [0.15, 0.2) is 42.9 Å². The van der Waals surface area contributed by atoms with Gasteiger partial charge in [-0.15, -0.1) is 0 Å². The Morgan fingerprint density at radius 2 is 1.88 bits per heavy atom. The molecule has 1 saturated heterocycles. The van der Waals surface area contributed by atoms with Gasteiger partial charge in [-0.3, -0.25) is 14.6 Å². The first-order chi connectivity index (χ1) is 12.7. The van der Waals surface area contributed by atoms with Crippen LogP contribution in [-0.4, -0.2) is 71.9 Å². The van der Waals surface area contributed by atoms with E-state index in [-0.39, 0.29) is 5.91 Å². The molecule has 2 aromatic heterocycles. The van der Waals surface area contributed by atoms with Crippen molar-refractivity contribution in [1.82, 2.24) is 19.8 Å². The molecule has 0 saturated carbocycles. The Hall–Kier alpha value is -2.96. The molecule has 26 heavy (non-hydrogen) atoms. The van der Waals surface area contributed by atoms with E-state index in [9.17, 15) is 9.59 Å². The molecule has 7 heteroatoms. The third-order valence-corrected chi connectivity index (χ3v) is 4.64. The monoisotopic (exact) mass is 353 g/mol. The summed E-state index contributed by atoms with van der Waals surface area (Å²) in [4.78, 5) is 37.2. The summed E-state index contributed by atoms with van der Waals surface area (Å²) >= 11 is 0. The van der Waals surface area contributed by atoms with Gasteiger partial charge in [0.05, 0.1) is 11.9 Å². The zero-order valence-corrected chi connectivity index (χ0v) is 14.9. The number of aromatic nitrogens is 2. The summed E-state index contributed by atoms with van der Waals surface area (Å²) in [6, 6.07) is 7.72. The van der Waals surface area contributed by atoms with E-state index in [1.165, 1.54) is 5.56 Å². The van der Waals surface area contributed by atoms with Crippen molar-refractivity contribution >= 4 is 18.0 Å². The number of carbonyl (C=O) groups is 2. The zero-order valence-electron chi connectivity index (χ0n) is 14.9. The second-order valence-corrected chi connectivity index (χ2v) is 6.36. The lowest BCUT2D eigenvalue weighted by Gasteiger charge is -2.32. The number of piperazine rings is 1. The molecule has 0 aromatic carbocycles. The summed E-state index contributed by atoms with van der Waals surface area (Å²) in [5, 5.41) is 0. The molecule has 1 fully saturated rings. The number of rotatable bonds is 6. The Morgan fingerprint density at radius 1 is 1.15 bits per heavy atom. The van der Waals surface area contributed by atoms with E-state index in [4.69, 9.17) is 0 Å². The molecule has 2 amide bonds. The van der Waals surface area contributed by atoms with Crippen LogP contribution >= 0.6 is 0 Å². The molecule has 136 valence electrons. The highest BCUT2D eigenvalue weighted by molar-refractivity contribution is 5.92. The molecule has 0 aliphatic carbocycles. The molecule has 0 N–H and O–H groups in total. The number of likely N-dealkylation sites (N-methyl/N-ethyl adjacent to an activating group) is 1. The predicted octanol–water partition coefficient (Wildman–Crippen LogP) is 1.07. The Labute approximate surface area is 153 Å². The highest BCUT2D eigenvalue weighted by Gasteiger charge is 2.22. The fourth-order valence-corrected chi connectivity index (χ4v) is 2.91. The molecule has 2 aromatic rings. The largest absolute Gasteiger partial charge is 0.373 e. The first-order valence-corrected chi connectivity index (χ1v) is 8.72. The summed E-state index contributed by atoms with van der Waals surface area (Å²) in [6.07, 6.45) is 7.08. The van der Waals surface area contributed by atoms with E-state index < -0.39 is 0 Å². The van der Waals surface area contributed by atoms with Crippen LogP contribution in [0.1, 0.15) is 16.1 Å². The van der Waals surface area contributed by atoms with E-state index in [0.717, 1.165) is 25.1 Å². The van der Waals surface area contributed by atoms with E-state index >= 15 is 0 Å². The molecule has 3 rings (SSSR count). The van der Waals surface area contributed by atoms with Crippen molar-refractivity contribution in [2.24, 2.45) is 0 Å². The number of hydrogen-bond acceptors (Lipinski definition) is 5. The molecule has 3 heterocycles. The number of nitrogens with zero attached hydrogens (tertiary/aromatic N) is 5. The summed E-state index contributed by atoms with van der Waals surface area (Å²) in [7, 11) is 2.01. The van der Waals surface area contributed by atoms with Crippen LogP contribution in [0.4, 0.5) is 5.69 Å². The van der Waals surface area contributed by atoms with Crippen molar-refractivity contribution in [2.75, 3.05) is 44.7 Å². The predicted molar refractivity (Wildman–Crippen MR) is 99.0 cm³/mol. The van der Waals surface area contributed by atoms with E-state index in [1.807, 2.05) is 25.2 Å². The van der Waals surface area contributed by atoms with Crippen molar-refractivity contribution in [3.05, 3.63) is 54.1 Å². The van der Waals surface area contributed by atoms with Crippen molar-refractivity contribution < 1.29 is 9.59 Å². The van der Waals surface area contributed by atoms with Crippen LogP contribution in [-0.2, 0) is 11.2 Å². The number of anilines is 1. The average molecular weight is 353 g/mol. The van der Waals surface area contributed by atoms with Crippen LogP contribution in [0.3, 0.4) is 0 Å². The molecule has 0 bridgehead atoms. The summed E-state index contributed by atoms with van der Waals surface area (Å²) in [5.41, 5.74) is 2.65. The van der Waals surface area contributed by atoms with E-state index in [1.54, 1.807) is 34.5 Å². The average Bonchev–Trinajstić information content (AvgIpc) is 2.72. The summed E-state index contributed by atoms with van der Waals surface area (Å²) < 4.78 is 0. The standard InChI is InChI=1S/C19H23N5O2/c1-22(9-6-16-4-7-20-8-5-16)17-2-3-18(21-14-17)19(26)24-12-10-23(15-25)11-13-24/h2-5,7-8,14-15H,6,9-13H2,1H3. The maximum Gasteiger partial charge on any atom is 0.272 e. The molecular formula is C19H23N5O2. The quantitative estimate of drug-likeness (QED) is 0.727. The van der Waals surface area contributed by atoms with Gasteiger partial charge < -0.3 is 14.7 Å². The van der Waals surface area contributed by atoms with Gasteiger partial charge in [-0.1, -0.05) is 0 Å². The van der Waals surface area contributed by atoms with Crippen LogP contribution in [0, 0.1) is 0 Å². The van der Waals surface area contributed by atoms with E-state index in [2.05, 4.69) is 14.9 Å². The first kappa shape index (κ1) is 17.8. The fourth-order valence-electron chi connectivity index (χ4n) is 2.91. The minimum Gasteiger partial charge on any atom is -0.373 e. The fraction of sp³-hybridized carbons (Fsp3) is 0.368. The number of amides is 2. The normalized spacial score (nSPS) is 14.2. The van der Waals surface area contributed by atoms with Gasteiger partial charge in [-0.2, -0.15) is 0 Å². The Balaban J connectivity index is 1.55. The molecule has 1 aliphatic rings.